The van der Waals surface area contributed by atoms with Gasteiger partial charge in [-0.25, -0.2) is 0 Å². The van der Waals surface area contributed by atoms with Crippen molar-refractivity contribution in [3.63, 3.8) is 0 Å². The zero-order valence-electron chi connectivity index (χ0n) is 10.4. The zero-order chi connectivity index (χ0) is 15.1. The van der Waals surface area contributed by atoms with Crippen molar-refractivity contribution in [3.05, 3.63) is 25.3 Å². The Hall–Kier alpha value is -1.38. The van der Waals surface area contributed by atoms with Gasteiger partial charge < -0.3 is 25.2 Å². The van der Waals surface area contributed by atoms with Crippen molar-refractivity contribution >= 4 is 11.6 Å². The highest BCUT2D eigenvalue weighted by Gasteiger charge is 2.37. The van der Waals surface area contributed by atoms with Gasteiger partial charge in [0.15, 0.2) is 22.8 Å². The molecule has 0 aromatic rings. The maximum atomic E-state index is 11.3. The van der Waals surface area contributed by atoms with E-state index in [0.29, 0.717) is 0 Å². The van der Waals surface area contributed by atoms with Crippen LogP contribution in [0.3, 0.4) is 0 Å². The molecule has 2 unspecified atom stereocenters. The van der Waals surface area contributed by atoms with E-state index >= 15 is 0 Å². The Morgan fingerprint density at radius 3 is 1.47 bits per heavy atom. The lowest BCUT2D eigenvalue weighted by atomic mass is 9.99. The van der Waals surface area contributed by atoms with E-state index in [2.05, 4.69) is 13.2 Å². The molecule has 0 amide bonds. The van der Waals surface area contributed by atoms with Gasteiger partial charge in [-0.05, 0) is 12.2 Å². The van der Waals surface area contributed by atoms with Gasteiger partial charge in [-0.2, -0.15) is 0 Å². The Kier molecular flexibility index (Phi) is 6.74. The molecule has 0 bridgehead atoms. The summed E-state index contributed by atoms with van der Waals surface area (Å²) in [7, 11) is 0. The number of ketones is 2. The van der Waals surface area contributed by atoms with E-state index in [9.17, 15) is 19.8 Å². The Balaban J connectivity index is 4.64. The smallest absolute Gasteiger partial charge is 0.191 e. The molecule has 0 aromatic carbocycles. The molecule has 0 heterocycles. The third kappa shape index (κ3) is 4.34. The molecule has 7 heteroatoms. The van der Waals surface area contributed by atoms with Crippen molar-refractivity contribution in [2.45, 2.75) is 11.2 Å². The molecule has 0 saturated heterocycles. The summed E-state index contributed by atoms with van der Waals surface area (Å²) in [4.78, 5) is 22.6. The van der Waals surface area contributed by atoms with Gasteiger partial charge in [-0.3, -0.25) is 9.59 Å². The van der Waals surface area contributed by atoms with Crippen molar-refractivity contribution in [1.29, 1.82) is 0 Å². The summed E-state index contributed by atoms with van der Waals surface area (Å²) < 4.78 is 4.83. The summed E-state index contributed by atoms with van der Waals surface area (Å²) in [5.41, 5.74) is -4.40. The summed E-state index contributed by atoms with van der Waals surface area (Å²) in [6.45, 7) is 3.16. The lowest BCUT2D eigenvalue weighted by molar-refractivity contribution is -0.158. The fraction of sp³-hybridized carbons (Fsp3) is 0.500. The molecule has 7 nitrogen and oxygen atoms in total. The zero-order valence-corrected chi connectivity index (χ0v) is 10.4. The molecule has 19 heavy (non-hydrogen) atoms. The van der Waals surface area contributed by atoms with E-state index in [-0.39, 0.29) is 0 Å². The molecule has 0 radical (unpaired) electrons. The Labute approximate surface area is 110 Å². The number of aliphatic hydroxyl groups is 4. The van der Waals surface area contributed by atoms with E-state index < -0.39 is 49.2 Å². The van der Waals surface area contributed by atoms with Crippen LogP contribution in [0.1, 0.15) is 0 Å². The van der Waals surface area contributed by atoms with E-state index in [4.69, 9.17) is 14.9 Å². The molecule has 2 atom stereocenters. The minimum Gasteiger partial charge on any atom is -0.393 e. The highest BCUT2D eigenvalue weighted by molar-refractivity contribution is 5.97. The SMILES string of the molecule is C=CC(=O)C(O)(CO)COCC(O)(CO)C(=O)C=C. The molecule has 108 valence electrons. The van der Waals surface area contributed by atoms with Crippen molar-refractivity contribution in [2.24, 2.45) is 0 Å². The Morgan fingerprint density at radius 1 is 0.947 bits per heavy atom. The Morgan fingerprint density at radius 2 is 1.26 bits per heavy atom. The predicted molar refractivity (Wildman–Crippen MR) is 65.3 cm³/mol. The standard InChI is InChI=1S/C12H18O7/c1-3-9(15)11(17,5-13)7-19-8-12(18,6-14)10(16)4-2/h3-4,13-14,17-18H,1-2,5-8H2. The van der Waals surface area contributed by atoms with Crippen LogP contribution in [0.5, 0.6) is 0 Å². The average molecular weight is 274 g/mol. The van der Waals surface area contributed by atoms with Crippen LogP contribution in [-0.2, 0) is 14.3 Å². The predicted octanol–water partition coefficient (Wildman–Crippen LogP) is -2.04. The van der Waals surface area contributed by atoms with Gasteiger partial charge >= 0.3 is 0 Å². The first-order chi connectivity index (χ1) is 8.79. The maximum Gasteiger partial charge on any atom is 0.191 e. The maximum absolute atomic E-state index is 11.3. The second kappa shape index (κ2) is 7.27. The van der Waals surface area contributed by atoms with E-state index in [1.807, 2.05) is 0 Å². The first-order valence-electron chi connectivity index (χ1n) is 5.37. The highest BCUT2D eigenvalue weighted by Crippen LogP contribution is 2.11. The topological polar surface area (TPSA) is 124 Å². The number of hydrogen-bond donors (Lipinski definition) is 4. The fourth-order valence-electron chi connectivity index (χ4n) is 1.16. The van der Waals surface area contributed by atoms with Crippen molar-refractivity contribution in [2.75, 3.05) is 26.4 Å². The van der Waals surface area contributed by atoms with Crippen LogP contribution in [0.2, 0.25) is 0 Å². The number of carbonyl (C=O) groups is 2. The molecule has 0 saturated carbocycles. The molecule has 0 spiro atoms. The first-order valence-corrected chi connectivity index (χ1v) is 5.37. The van der Waals surface area contributed by atoms with E-state index in [1.165, 1.54) is 0 Å². The third-order valence-corrected chi connectivity index (χ3v) is 2.49. The first kappa shape index (κ1) is 17.6. The van der Waals surface area contributed by atoms with Crippen molar-refractivity contribution < 1.29 is 34.8 Å². The van der Waals surface area contributed by atoms with Gasteiger partial charge in [0.05, 0.1) is 26.4 Å². The van der Waals surface area contributed by atoms with Crippen LogP contribution in [0, 0.1) is 0 Å². The van der Waals surface area contributed by atoms with Crippen LogP contribution in [0.25, 0.3) is 0 Å². The van der Waals surface area contributed by atoms with Crippen LogP contribution >= 0.6 is 0 Å². The third-order valence-electron chi connectivity index (χ3n) is 2.49. The largest absolute Gasteiger partial charge is 0.393 e. The highest BCUT2D eigenvalue weighted by atomic mass is 16.5. The molecular formula is C12H18O7. The number of rotatable bonds is 10. The lowest BCUT2D eigenvalue weighted by Gasteiger charge is -2.26. The van der Waals surface area contributed by atoms with Gasteiger partial charge in [-0.15, -0.1) is 0 Å². The lowest BCUT2D eigenvalue weighted by Crippen LogP contribution is -2.50. The second-order valence-corrected chi connectivity index (χ2v) is 4.01. The minimum absolute atomic E-state index is 0.666. The second-order valence-electron chi connectivity index (χ2n) is 4.01. The number of carbonyl (C=O) groups excluding carboxylic acids is 2. The summed E-state index contributed by atoms with van der Waals surface area (Å²) in [5, 5.41) is 37.3. The monoisotopic (exact) mass is 274 g/mol. The van der Waals surface area contributed by atoms with Crippen LogP contribution in [0.15, 0.2) is 25.3 Å². The van der Waals surface area contributed by atoms with Gasteiger partial charge in [0.1, 0.15) is 0 Å². The molecule has 0 rings (SSSR count). The number of hydrogen-bond acceptors (Lipinski definition) is 7. The van der Waals surface area contributed by atoms with Crippen molar-refractivity contribution in [3.8, 4) is 0 Å². The van der Waals surface area contributed by atoms with Gasteiger partial charge in [0, 0.05) is 0 Å². The molecule has 0 aromatic heterocycles. The van der Waals surface area contributed by atoms with Gasteiger partial charge in [0.25, 0.3) is 0 Å². The molecule has 0 aliphatic rings. The van der Waals surface area contributed by atoms with Crippen LogP contribution in [-0.4, -0.2) is 69.6 Å². The summed E-state index contributed by atoms with van der Waals surface area (Å²) in [6.07, 6.45) is 1.62. The van der Waals surface area contributed by atoms with Crippen molar-refractivity contribution in [1.82, 2.24) is 0 Å². The normalized spacial score (nSPS) is 17.1. The Bertz CT molecular complexity index is 331. The van der Waals surface area contributed by atoms with Gasteiger partial charge in [-0.1, -0.05) is 13.2 Å². The minimum atomic E-state index is -2.20. The molecule has 0 aliphatic heterocycles. The summed E-state index contributed by atoms with van der Waals surface area (Å²) in [6, 6.07) is 0. The summed E-state index contributed by atoms with van der Waals surface area (Å²) in [5.74, 6) is -1.73. The quantitative estimate of drug-likeness (QED) is 0.338. The van der Waals surface area contributed by atoms with E-state index in [0.717, 1.165) is 12.2 Å². The number of aliphatic hydroxyl groups excluding tert-OH is 2. The molecular weight excluding hydrogens is 256 g/mol. The van der Waals surface area contributed by atoms with E-state index in [1.54, 1.807) is 0 Å². The summed E-state index contributed by atoms with van der Waals surface area (Å²) >= 11 is 0. The number of ether oxygens (including phenoxy) is 1. The molecule has 4 N–H and O–H groups in total. The van der Waals surface area contributed by atoms with Crippen LogP contribution in [0.4, 0.5) is 0 Å². The fourth-order valence-corrected chi connectivity index (χ4v) is 1.16. The molecule has 0 aliphatic carbocycles. The van der Waals surface area contributed by atoms with Gasteiger partial charge in [0.2, 0.25) is 0 Å². The molecule has 0 fully saturated rings. The average Bonchev–Trinajstić information content (AvgIpc) is 2.44. The van der Waals surface area contributed by atoms with Crippen LogP contribution < -0.4 is 0 Å².